The molecule has 0 bridgehead atoms. The van der Waals surface area contributed by atoms with E-state index in [1.54, 1.807) is 0 Å². The van der Waals surface area contributed by atoms with Gasteiger partial charge in [-0.05, 0) is 49.4 Å². The zero-order chi connectivity index (χ0) is 23.4. The maximum absolute atomic E-state index is 12.1. The zero-order valence-electron chi connectivity index (χ0n) is 19.8. The molecular weight excluding hydrogens is 412 g/mol. The first-order valence-electron chi connectivity index (χ1n) is 11.8. The van der Waals surface area contributed by atoms with E-state index in [4.69, 9.17) is 14.2 Å². The minimum absolute atomic E-state index is 0.106. The Kier molecular flexibility index (Phi) is 5.93. The molecule has 0 radical (unpaired) electrons. The lowest BCUT2D eigenvalue weighted by molar-refractivity contribution is -0.180. The Bertz CT molecular complexity index is 834. The lowest BCUT2D eigenvalue weighted by Crippen LogP contribution is -2.58. The fourth-order valence-electron chi connectivity index (χ4n) is 7.68. The highest BCUT2D eigenvalue weighted by molar-refractivity contribution is 5.67. The van der Waals surface area contributed by atoms with Gasteiger partial charge in [0.1, 0.15) is 18.3 Å². The predicted molar refractivity (Wildman–Crippen MR) is 115 cm³/mol. The highest BCUT2D eigenvalue weighted by atomic mass is 16.6. The van der Waals surface area contributed by atoms with Crippen LogP contribution < -0.4 is 0 Å². The second-order valence-corrected chi connectivity index (χ2v) is 10.8. The number of aliphatic hydroxyl groups excluding tert-OH is 1. The second-order valence-electron chi connectivity index (χ2n) is 10.8. The van der Waals surface area contributed by atoms with Gasteiger partial charge < -0.3 is 19.3 Å². The third-order valence-electron chi connectivity index (χ3n) is 8.89. The van der Waals surface area contributed by atoms with E-state index in [2.05, 4.69) is 19.9 Å². The fraction of sp³-hybridized carbons (Fsp3) is 0.800. The van der Waals surface area contributed by atoms with Crippen LogP contribution in [0.3, 0.4) is 0 Å². The lowest BCUT2D eigenvalue weighted by atomic mass is 9.47. The normalized spacial score (nSPS) is 44.9. The van der Waals surface area contributed by atoms with Crippen molar-refractivity contribution in [3.63, 3.8) is 0 Å². The molecule has 4 rings (SSSR count). The van der Waals surface area contributed by atoms with Gasteiger partial charge in [0.05, 0.1) is 6.10 Å². The number of hydrogen-bond acceptors (Lipinski definition) is 7. The number of rotatable bonds is 3. The van der Waals surface area contributed by atoms with Crippen LogP contribution in [0, 0.1) is 28.6 Å². The van der Waals surface area contributed by atoms with Gasteiger partial charge in [-0.2, -0.15) is 0 Å². The number of aliphatic hydroxyl groups is 1. The van der Waals surface area contributed by atoms with Crippen molar-refractivity contribution in [1.82, 2.24) is 0 Å². The molecule has 0 aromatic carbocycles. The monoisotopic (exact) mass is 448 g/mol. The first-order chi connectivity index (χ1) is 15.0. The maximum Gasteiger partial charge on any atom is 0.302 e. The smallest absolute Gasteiger partial charge is 0.302 e. The van der Waals surface area contributed by atoms with Crippen LogP contribution in [-0.4, -0.2) is 47.4 Å². The summed E-state index contributed by atoms with van der Waals surface area (Å²) < 4.78 is 16.9. The van der Waals surface area contributed by atoms with E-state index in [0.29, 0.717) is 19.3 Å². The number of allylic oxidation sites excluding steroid dienone is 1. The van der Waals surface area contributed by atoms with E-state index in [-0.39, 0.29) is 53.3 Å². The minimum atomic E-state index is -0.784. The van der Waals surface area contributed by atoms with Gasteiger partial charge in [-0.1, -0.05) is 25.5 Å². The first kappa shape index (κ1) is 23.3. The minimum Gasteiger partial charge on any atom is -0.462 e. The third kappa shape index (κ3) is 3.76. The number of hydrogen-bond donors (Lipinski definition) is 1. The molecule has 0 aliphatic heterocycles. The van der Waals surface area contributed by atoms with Crippen LogP contribution in [0.4, 0.5) is 0 Å². The van der Waals surface area contributed by atoms with Crippen molar-refractivity contribution in [3.05, 3.63) is 11.6 Å². The first-order valence-corrected chi connectivity index (χ1v) is 11.8. The van der Waals surface area contributed by atoms with Crippen molar-refractivity contribution in [1.29, 1.82) is 0 Å². The standard InChI is InChI=1S/C25H36O7/c1-13(26)30-17-8-9-24(4)16(10-17)6-7-18-19-11-20(31-14(2)27)23(29)25(19,5)12-21(22(18)24)32-15(3)28/h6,17-23,29H,7-12H2,1-5H3/t17-,18?,19?,20+,21-,22?,23-,24-,25-/m0/s1. The van der Waals surface area contributed by atoms with Gasteiger partial charge in [0.2, 0.25) is 0 Å². The average molecular weight is 449 g/mol. The summed E-state index contributed by atoms with van der Waals surface area (Å²) in [5.74, 6) is -0.451. The summed E-state index contributed by atoms with van der Waals surface area (Å²) in [5.41, 5.74) is 0.635. The summed E-state index contributed by atoms with van der Waals surface area (Å²) in [6.45, 7) is 8.57. The summed E-state index contributed by atoms with van der Waals surface area (Å²) in [7, 11) is 0. The number of ether oxygens (including phenoxy) is 3. The van der Waals surface area contributed by atoms with Crippen molar-refractivity contribution in [2.45, 2.75) is 97.6 Å². The molecule has 4 aliphatic carbocycles. The molecule has 7 nitrogen and oxygen atoms in total. The lowest BCUT2D eigenvalue weighted by Gasteiger charge is -2.59. The molecule has 3 unspecified atom stereocenters. The molecule has 0 heterocycles. The summed E-state index contributed by atoms with van der Waals surface area (Å²) in [4.78, 5) is 35.2. The van der Waals surface area contributed by atoms with Gasteiger partial charge in [-0.3, -0.25) is 14.4 Å². The predicted octanol–water partition coefficient (Wildman–Crippen LogP) is 3.33. The average Bonchev–Trinajstić information content (AvgIpc) is 2.91. The Labute approximate surface area is 189 Å². The molecule has 0 amide bonds. The van der Waals surface area contributed by atoms with E-state index in [1.165, 1.54) is 26.3 Å². The Morgan fingerprint density at radius 2 is 1.62 bits per heavy atom. The summed E-state index contributed by atoms with van der Waals surface area (Å²) in [6.07, 6.45) is 4.90. The summed E-state index contributed by atoms with van der Waals surface area (Å²) >= 11 is 0. The van der Waals surface area contributed by atoms with Gasteiger partial charge in [0, 0.05) is 38.5 Å². The number of esters is 3. The van der Waals surface area contributed by atoms with Crippen LogP contribution in [-0.2, 0) is 28.6 Å². The highest BCUT2D eigenvalue weighted by Gasteiger charge is 2.65. The summed E-state index contributed by atoms with van der Waals surface area (Å²) in [5, 5.41) is 11.2. The van der Waals surface area contributed by atoms with Crippen molar-refractivity contribution in [2.24, 2.45) is 28.6 Å². The highest BCUT2D eigenvalue weighted by Crippen LogP contribution is 2.65. The molecule has 0 aromatic heterocycles. The van der Waals surface area contributed by atoms with Crippen molar-refractivity contribution >= 4 is 17.9 Å². The SMILES string of the molecule is CC(=O)O[C@H]1CC[C@@]2(C)C(=CCC3C2[C@@H](OC(C)=O)C[C@@]2(C)C3C[C@@H](OC(C)=O)[C@@H]2O)C1. The van der Waals surface area contributed by atoms with Crippen molar-refractivity contribution in [2.75, 3.05) is 0 Å². The van der Waals surface area contributed by atoms with Crippen LogP contribution in [0.25, 0.3) is 0 Å². The topological polar surface area (TPSA) is 99.1 Å². The third-order valence-corrected chi connectivity index (χ3v) is 8.89. The van der Waals surface area contributed by atoms with E-state index < -0.39 is 17.6 Å². The van der Waals surface area contributed by atoms with Crippen LogP contribution in [0.5, 0.6) is 0 Å². The molecule has 3 fully saturated rings. The van der Waals surface area contributed by atoms with Gasteiger partial charge in [-0.25, -0.2) is 0 Å². The molecule has 4 aliphatic rings. The molecule has 1 N–H and O–H groups in total. The van der Waals surface area contributed by atoms with E-state index >= 15 is 0 Å². The Balaban J connectivity index is 1.69. The number of carbonyl (C=O) groups is 3. The van der Waals surface area contributed by atoms with E-state index in [9.17, 15) is 19.5 Å². The van der Waals surface area contributed by atoms with Crippen molar-refractivity contribution in [3.8, 4) is 0 Å². The molecule has 3 saturated carbocycles. The van der Waals surface area contributed by atoms with Gasteiger partial charge in [0.15, 0.2) is 0 Å². The van der Waals surface area contributed by atoms with Crippen LogP contribution in [0.2, 0.25) is 0 Å². The maximum atomic E-state index is 12.1. The van der Waals surface area contributed by atoms with Crippen molar-refractivity contribution < 1.29 is 33.7 Å². The number of carbonyl (C=O) groups excluding carboxylic acids is 3. The molecule has 0 spiro atoms. The molecule has 0 aromatic rings. The fourth-order valence-corrected chi connectivity index (χ4v) is 7.68. The Morgan fingerprint density at radius 1 is 1.00 bits per heavy atom. The van der Waals surface area contributed by atoms with Gasteiger partial charge in [0.25, 0.3) is 0 Å². The molecule has 7 heteroatoms. The Hall–Kier alpha value is -1.89. The quantitative estimate of drug-likeness (QED) is 0.402. The Morgan fingerprint density at radius 3 is 2.25 bits per heavy atom. The molecule has 9 atom stereocenters. The van der Waals surface area contributed by atoms with Crippen LogP contribution >= 0.6 is 0 Å². The number of fused-ring (bicyclic) bond motifs is 5. The van der Waals surface area contributed by atoms with E-state index in [1.807, 2.05) is 0 Å². The molecule has 0 saturated heterocycles. The van der Waals surface area contributed by atoms with Gasteiger partial charge >= 0.3 is 17.9 Å². The van der Waals surface area contributed by atoms with E-state index in [0.717, 1.165) is 19.3 Å². The van der Waals surface area contributed by atoms with Gasteiger partial charge in [-0.15, -0.1) is 0 Å². The van der Waals surface area contributed by atoms with Crippen LogP contribution in [0.1, 0.15) is 73.1 Å². The van der Waals surface area contributed by atoms with Crippen LogP contribution in [0.15, 0.2) is 11.6 Å². The molecular formula is C25H36O7. The second kappa shape index (κ2) is 8.15. The largest absolute Gasteiger partial charge is 0.462 e. The zero-order valence-corrected chi connectivity index (χ0v) is 19.8. The molecule has 178 valence electrons. The summed E-state index contributed by atoms with van der Waals surface area (Å²) in [6, 6.07) is 0. The molecule has 32 heavy (non-hydrogen) atoms.